The Morgan fingerprint density at radius 3 is 2.48 bits per heavy atom. The molecule has 7 nitrogen and oxygen atoms in total. The van der Waals surface area contributed by atoms with E-state index in [4.69, 9.17) is 4.42 Å². The number of furan rings is 1. The number of nitrogens with one attached hydrogen (secondary N) is 2. The maximum atomic E-state index is 12.4. The molecule has 2 bridgehead atoms. The second-order valence-corrected chi connectivity index (χ2v) is 9.97. The largest absolute Gasteiger partial charge is 0.455 e. The molecule has 2 amide bonds. The molecule has 1 aromatic heterocycles. The first-order chi connectivity index (χ1) is 13.9. The van der Waals surface area contributed by atoms with Gasteiger partial charge in [-0.2, -0.15) is 0 Å². The summed E-state index contributed by atoms with van der Waals surface area (Å²) in [5.41, 5.74) is 4.78. The number of hydrogen-bond donors (Lipinski definition) is 2. The highest BCUT2D eigenvalue weighted by molar-refractivity contribution is 7.90. The fourth-order valence-electron chi connectivity index (χ4n) is 4.58. The van der Waals surface area contributed by atoms with Crippen LogP contribution >= 0.6 is 0 Å². The Morgan fingerprint density at radius 1 is 1.00 bits per heavy atom. The highest BCUT2D eigenvalue weighted by Gasteiger charge is 2.40. The lowest BCUT2D eigenvalue weighted by molar-refractivity contribution is -0.123. The summed E-state index contributed by atoms with van der Waals surface area (Å²) in [4.78, 5) is 24.5. The first-order valence-electron chi connectivity index (χ1n) is 9.86. The Labute approximate surface area is 169 Å². The van der Waals surface area contributed by atoms with Crippen LogP contribution in [0.25, 0.3) is 0 Å². The van der Waals surface area contributed by atoms with Crippen LogP contribution in [0, 0.1) is 17.8 Å². The number of carbonyl (C=O) groups excluding carboxylic acids is 2. The molecule has 2 saturated carbocycles. The number of rotatable bonds is 6. The van der Waals surface area contributed by atoms with Gasteiger partial charge in [0.2, 0.25) is 5.91 Å². The molecule has 154 valence electrons. The molecule has 1 aromatic carbocycles. The van der Waals surface area contributed by atoms with Gasteiger partial charge in [0.25, 0.3) is 0 Å². The summed E-state index contributed by atoms with van der Waals surface area (Å²) in [7, 11) is -3.56. The van der Waals surface area contributed by atoms with Gasteiger partial charge in [-0.1, -0.05) is 24.6 Å². The van der Waals surface area contributed by atoms with Crippen LogP contribution in [0.3, 0.4) is 0 Å². The first kappa shape index (κ1) is 19.7. The summed E-state index contributed by atoms with van der Waals surface area (Å²) in [6.07, 6.45) is 5.23. The van der Waals surface area contributed by atoms with E-state index < -0.39 is 15.7 Å². The van der Waals surface area contributed by atoms with Crippen molar-refractivity contribution in [2.24, 2.45) is 17.8 Å². The molecule has 2 aliphatic carbocycles. The number of amides is 2. The van der Waals surface area contributed by atoms with E-state index in [1.54, 1.807) is 18.2 Å². The molecular formula is C21H24N2O5S. The minimum Gasteiger partial charge on any atom is -0.455 e. The summed E-state index contributed by atoms with van der Waals surface area (Å²) in [6.45, 7) is 0. The standard InChI is InChI=1S/C21H24N2O5S/c24-20(12-16-11-14-6-7-15(16)10-14)22-23-21(25)19-9-8-17(28-19)13-29(26,27)18-4-2-1-3-5-18/h1-5,8-9,14-16H,6-7,10-13H2,(H,22,24)(H,23,25)/t14-,15+,16-/m0/s1. The van der Waals surface area contributed by atoms with Crippen LogP contribution < -0.4 is 10.9 Å². The van der Waals surface area contributed by atoms with Gasteiger partial charge in [-0.3, -0.25) is 20.4 Å². The molecule has 4 rings (SSSR count). The van der Waals surface area contributed by atoms with E-state index in [1.807, 2.05) is 0 Å². The van der Waals surface area contributed by atoms with Crippen LogP contribution in [-0.2, 0) is 20.4 Å². The number of carbonyl (C=O) groups is 2. The van der Waals surface area contributed by atoms with Crippen molar-refractivity contribution in [3.8, 4) is 0 Å². The third-order valence-electron chi connectivity index (χ3n) is 5.97. The lowest BCUT2D eigenvalue weighted by Crippen LogP contribution is -2.42. The van der Waals surface area contributed by atoms with Crippen molar-refractivity contribution in [3.05, 3.63) is 54.0 Å². The summed E-state index contributed by atoms with van der Waals surface area (Å²) < 4.78 is 30.2. The molecular weight excluding hydrogens is 392 g/mol. The molecule has 3 atom stereocenters. The number of benzene rings is 1. The molecule has 0 saturated heterocycles. The van der Waals surface area contributed by atoms with Gasteiger partial charge in [0.1, 0.15) is 11.5 Å². The van der Waals surface area contributed by atoms with E-state index in [2.05, 4.69) is 10.9 Å². The van der Waals surface area contributed by atoms with Crippen molar-refractivity contribution in [2.75, 3.05) is 0 Å². The fourth-order valence-corrected chi connectivity index (χ4v) is 5.85. The number of hydrogen-bond acceptors (Lipinski definition) is 5. The molecule has 8 heteroatoms. The summed E-state index contributed by atoms with van der Waals surface area (Å²) in [5, 5.41) is 0. The van der Waals surface area contributed by atoms with Crippen molar-refractivity contribution in [1.29, 1.82) is 0 Å². The lowest BCUT2D eigenvalue weighted by Gasteiger charge is -2.20. The molecule has 0 unspecified atom stereocenters. The average Bonchev–Trinajstić information content (AvgIpc) is 3.44. The maximum absolute atomic E-state index is 12.4. The van der Waals surface area contributed by atoms with Crippen molar-refractivity contribution in [2.45, 2.75) is 42.8 Å². The Morgan fingerprint density at radius 2 is 1.79 bits per heavy atom. The monoisotopic (exact) mass is 416 g/mol. The second-order valence-electron chi connectivity index (χ2n) is 7.98. The Bertz CT molecular complexity index is 999. The molecule has 29 heavy (non-hydrogen) atoms. The predicted molar refractivity (Wildman–Crippen MR) is 105 cm³/mol. The van der Waals surface area contributed by atoms with Gasteiger partial charge in [0.15, 0.2) is 15.6 Å². The molecule has 2 N–H and O–H groups in total. The van der Waals surface area contributed by atoms with Crippen molar-refractivity contribution in [1.82, 2.24) is 10.9 Å². The Balaban J connectivity index is 1.29. The van der Waals surface area contributed by atoms with E-state index in [-0.39, 0.29) is 28.1 Å². The number of sulfone groups is 1. The van der Waals surface area contributed by atoms with Gasteiger partial charge < -0.3 is 4.42 Å². The summed E-state index contributed by atoms with van der Waals surface area (Å²) in [6, 6.07) is 10.9. The molecule has 0 radical (unpaired) electrons. The van der Waals surface area contributed by atoms with Crippen LogP contribution in [0.1, 0.15) is 48.4 Å². The molecule has 0 aliphatic heterocycles. The smallest absolute Gasteiger partial charge is 0.305 e. The van der Waals surface area contributed by atoms with Gasteiger partial charge in [-0.25, -0.2) is 8.42 Å². The SMILES string of the molecule is O=C(C[C@@H]1C[C@H]2CC[C@@H]1C2)NNC(=O)c1ccc(CS(=O)(=O)c2ccccc2)o1. The Kier molecular flexibility index (Phi) is 5.45. The van der Waals surface area contributed by atoms with Gasteiger partial charge in [0, 0.05) is 6.42 Å². The van der Waals surface area contributed by atoms with E-state index in [1.165, 1.54) is 43.5 Å². The zero-order chi connectivity index (χ0) is 20.4. The number of hydrazine groups is 1. The molecule has 1 heterocycles. The fraction of sp³-hybridized carbons (Fsp3) is 0.429. The quantitative estimate of drug-likeness (QED) is 0.705. The van der Waals surface area contributed by atoms with E-state index in [0.717, 1.165) is 12.3 Å². The van der Waals surface area contributed by atoms with Crippen molar-refractivity contribution >= 4 is 21.7 Å². The zero-order valence-electron chi connectivity index (χ0n) is 16.0. The van der Waals surface area contributed by atoms with Crippen LogP contribution in [-0.4, -0.2) is 20.2 Å². The van der Waals surface area contributed by atoms with E-state index in [9.17, 15) is 18.0 Å². The van der Waals surface area contributed by atoms with Crippen LogP contribution in [0.2, 0.25) is 0 Å². The van der Waals surface area contributed by atoms with Crippen molar-refractivity contribution < 1.29 is 22.4 Å². The highest BCUT2D eigenvalue weighted by Crippen LogP contribution is 2.49. The molecule has 2 aliphatic rings. The van der Waals surface area contributed by atoms with E-state index in [0.29, 0.717) is 18.3 Å². The van der Waals surface area contributed by atoms with Crippen molar-refractivity contribution in [3.63, 3.8) is 0 Å². The van der Waals surface area contributed by atoms with Gasteiger partial charge >= 0.3 is 5.91 Å². The average molecular weight is 416 g/mol. The van der Waals surface area contributed by atoms with Gasteiger partial charge in [-0.05, 0) is 61.3 Å². The van der Waals surface area contributed by atoms with Crippen LogP contribution in [0.5, 0.6) is 0 Å². The molecule has 2 fully saturated rings. The number of fused-ring (bicyclic) bond motifs is 2. The second kappa shape index (κ2) is 8.02. The summed E-state index contributed by atoms with van der Waals surface area (Å²) >= 11 is 0. The maximum Gasteiger partial charge on any atom is 0.305 e. The Hall–Kier alpha value is -2.61. The van der Waals surface area contributed by atoms with Crippen LogP contribution in [0.15, 0.2) is 51.8 Å². The van der Waals surface area contributed by atoms with Gasteiger partial charge in [-0.15, -0.1) is 0 Å². The molecule has 0 spiro atoms. The minimum atomic E-state index is -3.56. The lowest BCUT2D eigenvalue weighted by atomic mass is 9.86. The minimum absolute atomic E-state index is 0.0523. The van der Waals surface area contributed by atoms with Gasteiger partial charge in [0.05, 0.1) is 4.90 Å². The zero-order valence-corrected chi connectivity index (χ0v) is 16.8. The normalized spacial score (nSPS) is 23.1. The molecule has 2 aromatic rings. The van der Waals surface area contributed by atoms with E-state index >= 15 is 0 Å². The highest BCUT2D eigenvalue weighted by atomic mass is 32.2. The first-order valence-corrected chi connectivity index (χ1v) is 11.5. The summed E-state index contributed by atoms with van der Waals surface area (Å²) in [5.74, 6) is 0.742. The predicted octanol–water partition coefficient (Wildman–Crippen LogP) is 2.84. The third-order valence-corrected chi connectivity index (χ3v) is 7.62. The topological polar surface area (TPSA) is 105 Å². The third kappa shape index (κ3) is 4.53. The van der Waals surface area contributed by atoms with Crippen LogP contribution in [0.4, 0.5) is 0 Å².